The van der Waals surface area contributed by atoms with E-state index in [0.29, 0.717) is 30.1 Å². The van der Waals surface area contributed by atoms with Crippen molar-refractivity contribution in [3.63, 3.8) is 0 Å². The van der Waals surface area contributed by atoms with E-state index in [2.05, 4.69) is 9.88 Å². The fourth-order valence-corrected chi connectivity index (χ4v) is 3.64. The maximum atomic E-state index is 13.3. The van der Waals surface area contributed by atoms with Gasteiger partial charge < -0.3 is 14.4 Å². The van der Waals surface area contributed by atoms with Gasteiger partial charge in [0.25, 0.3) is 5.69 Å². The van der Waals surface area contributed by atoms with Crippen molar-refractivity contribution >= 4 is 23.0 Å². The van der Waals surface area contributed by atoms with E-state index in [1.54, 1.807) is 30.5 Å². The molecule has 0 spiro atoms. The van der Waals surface area contributed by atoms with Crippen molar-refractivity contribution in [3.05, 3.63) is 93.2 Å². The highest BCUT2D eigenvalue weighted by atomic mass is 16.6. The van der Waals surface area contributed by atoms with E-state index in [-0.39, 0.29) is 28.3 Å². The third kappa shape index (κ3) is 4.73. The molecule has 0 unspecified atom stereocenters. The van der Waals surface area contributed by atoms with Crippen LogP contribution in [0.5, 0.6) is 5.75 Å². The molecule has 0 aliphatic carbocycles. The number of rotatable bonds is 7. The van der Waals surface area contributed by atoms with Crippen molar-refractivity contribution in [1.82, 2.24) is 4.98 Å². The average Bonchev–Trinajstić information content (AvgIpc) is 2.88. The first kappa shape index (κ1) is 22.1. The van der Waals surface area contributed by atoms with Crippen molar-refractivity contribution in [3.8, 4) is 5.75 Å². The molecule has 0 radical (unpaired) electrons. The number of nitrogens with one attached hydrogen (secondary N) is 1. The van der Waals surface area contributed by atoms with E-state index in [9.17, 15) is 14.9 Å². The Kier molecular flexibility index (Phi) is 6.41. The highest BCUT2D eigenvalue weighted by Gasteiger charge is 2.21. The number of anilines is 1. The molecule has 1 aliphatic rings. The van der Waals surface area contributed by atoms with Crippen LogP contribution in [0.3, 0.4) is 0 Å². The predicted octanol–water partition coefficient (Wildman–Crippen LogP) is 3.48. The fraction of sp³-hybridized carbons (Fsp3) is 0.208. The molecule has 1 saturated heterocycles. The molecule has 1 aliphatic heterocycles. The number of benzene rings is 2. The maximum Gasteiger partial charge on any atom is 0.269 e. The Morgan fingerprint density at radius 1 is 1.06 bits per heavy atom. The summed E-state index contributed by atoms with van der Waals surface area (Å²) in [4.78, 5) is 30.3. The summed E-state index contributed by atoms with van der Waals surface area (Å²) in [7, 11) is 1.50. The van der Waals surface area contributed by atoms with Crippen molar-refractivity contribution in [2.75, 3.05) is 38.3 Å². The lowest BCUT2D eigenvalue weighted by atomic mass is 9.92. The van der Waals surface area contributed by atoms with E-state index >= 15 is 0 Å². The Morgan fingerprint density at radius 2 is 1.79 bits per heavy atom. The molecule has 3 aromatic rings. The van der Waals surface area contributed by atoms with E-state index in [1.807, 2.05) is 6.07 Å². The van der Waals surface area contributed by atoms with E-state index in [4.69, 9.17) is 14.9 Å². The Labute approximate surface area is 190 Å². The molecule has 0 atom stereocenters. The second kappa shape index (κ2) is 9.58. The molecule has 168 valence electrons. The second-order valence-electron chi connectivity index (χ2n) is 7.42. The summed E-state index contributed by atoms with van der Waals surface area (Å²) in [6.45, 7) is 2.68. The van der Waals surface area contributed by atoms with Crippen LogP contribution in [0.15, 0.2) is 60.8 Å². The number of nitro groups is 1. The number of hydrogen-bond acceptors (Lipinski definition) is 8. The molecule has 1 fully saturated rings. The number of ether oxygens (including phenoxy) is 2. The van der Waals surface area contributed by atoms with Crippen molar-refractivity contribution < 1.29 is 19.2 Å². The largest absolute Gasteiger partial charge is 0.497 e. The van der Waals surface area contributed by atoms with Crippen LogP contribution in [0.25, 0.3) is 0 Å². The number of nitro benzene ring substituents is 1. The Bertz CT molecular complexity index is 1200. The molecule has 2 heterocycles. The molecule has 1 aromatic heterocycles. The summed E-state index contributed by atoms with van der Waals surface area (Å²) in [6.07, 6.45) is 1.65. The molecule has 0 saturated carbocycles. The topological polar surface area (TPSA) is 119 Å². The summed E-state index contributed by atoms with van der Waals surface area (Å²) < 4.78 is 10.7. The molecule has 0 amide bonds. The number of nitrogens with zero attached hydrogens (tertiary/aromatic N) is 3. The molecular formula is C24H22N4O5. The van der Waals surface area contributed by atoms with Gasteiger partial charge in [-0.1, -0.05) is 0 Å². The quantitative estimate of drug-likeness (QED) is 0.255. The van der Waals surface area contributed by atoms with Gasteiger partial charge in [-0.2, -0.15) is 0 Å². The lowest BCUT2D eigenvalue weighted by Gasteiger charge is -2.28. The Balaban J connectivity index is 1.70. The third-order valence-electron chi connectivity index (χ3n) is 5.45. The number of hydrogen-bond donors (Lipinski definition) is 1. The average molecular weight is 446 g/mol. The molecule has 1 N–H and O–H groups in total. The molecule has 9 nitrogen and oxygen atoms in total. The van der Waals surface area contributed by atoms with Gasteiger partial charge in [-0.3, -0.25) is 20.3 Å². The first-order valence-electron chi connectivity index (χ1n) is 10.3. The number of non-ortho nitro benzene ring substituents is 1. The zero-order valence-electron chi connectivity index (χ0n) is 18.0. The predicted molar refractivity (Wildman–Crippen MR) is 123 cm³/mol. The van der Waals surface area contributed by atoms with Crippen LogP contribution in [-0.2, 0) is 4.74 Å². The minimum absolute atomic E-state index is 0.0995. The van der Waals surface area contributed by atoms with Gasteiger partial charge in [0.2, 0.25) is 0 Å². The SMILES string of the molecule is COc1ccc(C(=N)c2ccnc(N3CCOCC3)c2)c(C(=O)c2ccc([N+](=O)[O-])cc2)c1. The van der Waals surface area contributed by atoms with Gasteiger partial charge >= 0.3 is 0 Å². The first-order chi connectivity index (χ1) is 16.0. The smallest absolute Gasteiger partial charge is 0.269 e. The van der Waals surface area contributed by atoms with Gasteiger partial charge in [0.15, 0.2) is 5.78 Å². The van der Waals surface area contributed by atoms with Crippen LogP contribution in [0.2, 0.25) is 0 Å². The summed E-state index contributed by atoms with van der Waals surface area (Å²) >= 11 is 0. The van der Waals surface area contributed by atoms with Crippen molar-refractivity contribution in [2.45, 2.75) is 0 Å². The lowest BCUT2D eigenvalue weighted by Crippen LogP contribution is -2.36. The number of methoxy groups -OCH3 is 1. The molecule has 0 bridgehead atoms. The zero-order valence-corrected chi connectivity index (χ0v) is 18.0. The minimum Gasteiger partial charge on any atom is -0.497 e. The van der Waals surface area contributed by atoms with Crippen LogP contribution < -0.4 is 9.64 Å². The van der Waals surface area contributed by atoms with Gasteiger partial charge in [0, 0.05) is 53.7 Å². The molecule has 4 rings (SSSR count). The third-order valence-corrected chi connectivity index (χ3v) is 5.45. The van der Waals surface area contributed by atoms with Crippen LogP contribution in [0.4, 0.5) is 11.5 Å². The lowest BCUT2D eigenvalue weighted by molar-refractivity contribution is -0.384. The number of ketones is 1. The van der Waals surface area contributed by atoms with Gasteiger partial charge in [-0.05, 0) is 42.5 Å². The number of morpholine rings is 1. The summed E-state index contributed by atoms with van der Waals surface area (Å²) in [5, 5.41) is 19.8. The van der Waals surface area contributed by atoms with Crippen LogP contribution in [0.1, 0.15) is 27.0 Å². The zero-order chi connectivity index (χ0) is 23.4. The summed E-state index contributed by atoms with van der Waals surface area (Å²) in [5.41, 5.74) is 1.68. The van der Waals surface area contributed by atoms with E-state index in [0.717, 1.165) is 18.9 Å². The highest BCUT2D eigenvalue weighted by molar-refractivity contribution is 6.20. The number of carbonyl (C=O) groups excluding carboxylic acids is 1. The van der Waals surface area contributed by atoms with Gasteiger partial charge in [0.1, 0.15) is 11.6 Å². The van der Waals surface area contributed by atoms with E-state index in [1.165, 1.54) is 31.4 Å². The normalized spacial score (nSPS) is 13.4. The van der Waals surface area contributed by atoms with Gasteiger partial charge in [-0.25, -0.2) is 4.98 Å². The van der Waals surface area contributed by atoms with Crippen LogP contribution in [-0.4, -0.2) is 54.8 Å². The van der Waals surface area contributed by atoms with E-state index < -0.39 is 4.92 Å². The van der Waals surface area contributed by atoms with Crippen molar-refractivity contribution in [1.29, 1.82) is 5.41 Å². The molecule has 9 heteroatoms. The molecular weight excluding hydrogens is 424 g/mol. The second-order valence-corrected chi connectivity index (χ2v) is 7.42. The van der Waals surface area contributed by atoms with Gasteiger partial charge in [-0.15, -0.1) is 0 Å². The number of pyridine rings is 1. The van der Waals surface area contributed by atoms with Crippen LogP contribution in [0, 0.1) is 15.5 Å². The Morgan fingerprint density at radius 3 is 2.45 bits per heavy atom. The van der Waals surface area contributed by atoms with Crippen molar-refractivity contribution in [2.24, 2.45) is 0 Å². The highest BCUT2D eigenvalue weighted by Crippen LogP contribution is 2.25. The summed E-state index contributed by atoms with van der Waals surface area (Å²) in [6, 6.07) is 13.9. The van der Waals surface area contributed by atoms with Crippen LogP contribution >= 0.6 is 0 Å². The van der Waals surface area contributed by atoms with Gasteiger partial charge in [0.05, 0.1) is 31.0 Å². The number of aromatic nitrogens is 1. The standard InChI is InChI=1S/C24H22N4O5/c1-32-19-6-7-20(21(15-19)24(29)16-2-4-18(5-3-16)28(30)31)23(25)17-8-9-26-22(14-17)27-10-12-33-13-11-27/h2-9,14-15,25H,10-13H2,1H3. The molecule has 33 heavy (non-hydrogen) atoms. The monoisotopic (exact) mass is 446 g/mol. The molecule has 2 aromatic carbocycles. The minimum atomic E-state index is -0.517. The maximum absolute atomic E-state index is 13.3. The number of carbonyl (C=O) groups is 1. The fourth-order valence-electron chi connectivity index (χ4n) is 3.64. The Hall–Kier alpha value is -4.11. The summed E-state index contributed by atoms with van der Waals surface area (Å²) in [5.74, 6) is 0.865. The first-order valence-corrected chi connectivity index (χ1v) is 10.3.